The number of anilines is 2. The van der Waals surface area contributed by atoms with E-state index in [9.17, 15) is 18.4 Å². The third kappa shape index (κ3) is 4.80. The minimum atomic E-state index is -1.17. The Bertz CT molecular complexity index is 944. The van der Waals surface area contributed by atoms with Crippen molar-refractivity contribution in [3.8, 4) is 0 Å². The summed E-state index contributed by atoms with van der Waals surface area (Å²) in [5.74, 6) is -2.60. The highest BCUT2D eigenvalue weighted by atomic mass is 19.1. The van der Waals surface area contributed by atoms with E-state index < -0.39 is 28.8 Å². The molecule has 158 valence electrons. The fraction of sp³-hybridized carbons (Fsp3) is 0.400. The molecule has 3 N–H and O–H groups in total. The zero-order valence-corrected chi connectivity index (χ0v) is 16.6. The predicted octanol–water partition coefficient (Wildman–Crippen LogP) is 2.80. The lowest BCUT2D eigenvalue weighted by Crippen LogP contribution is -2.32. The van der Waals surface area contributed by atoms with Gasteiger partial charge in [-0.3, -0.25) is 14.4 Å². The Morgan fingerprint density at radius 3 is 2.69 bits per heavy atom. The molecule has 29 heavy (non-hydrogen) atoms. The number of hydroxylamine groups is 1. The second-order valence-corrected chi connectivity index (χ2v) is 6.18. The molecule has 3 rings (SSSR count). The highest BCUT2D eigenvalue weighted by Crippen LogP contribution is 2.30. The van der Waals surface area contributed by atoms with Crippen molar-refractivity contribution in [2.75, 3.05) is 18.5 Å². The number of benzene rings is 1. The van der Waals surface area contributed by atoms with E-state index in [0.29, 0.717) is 30.6 Å². The molecule has 2 heterocycles. The van der Waals surface area contributed by atoms with Gasteiger partial charge in [-0.1, -0.05) is 19.9 Å². The first-order chi connectivity index (χ1) is 13.9. The summed E-state index contributed by atoms with van der Waals surface area (Å²) in [5.41, 5.74) is 1.67. The number of pyridine rings is 1. The first-order valence-corrected chi connectivity index (χ1v) is 9.45. The number of fused-ring (bicyclic) bond motifs is 1. The molecular formula is C20H25F2N3O4. The van der Waals surface area contributed by atoms with Gasteiger partial charge in [0.15, 0.2) is 0 Å². The number of halogens is 2. The number of hydrogen-bond donors (Lipinski definition) is 3. The van der Waals surface area contributed by atoms with E-state index in [1.807, 2.05) is 13.8 Å². The Balaban J connectivity index is 0.00000145. The highest BCUT2D eigenvalue weighted by molar-refractivity contribution is 6.01. The monoisotopic (exact) mass is 409 g/mol. The number of aliphatic hydroxyl groups excluding tert-OH is 1. The van der Waals surface area contributed by atoms with Crippen LogP contribution >= 0.6 is 0 Å². The molecule has 7 nitrogen and oxygen atoms in total. The van der Waals surface area contributed by atoms with Crippen LogP contribution in [-0.2, 0) is 17.8 Å². The van der Waals surface area contributed by atoms with Gasteiger partial charge in [0.05, 0.1) is 30.2 Å². The zero-order valence-electron chi connectivity index (χ0n) is 16.6. The fourth-order valence-corrected chi connectivity index (χ4v) is 3.07. The quantitative estimate of drug-likeness (QED) is 0.504. The predicted molar refractivity (Wildman–Crippen MR) is 105 cm³/mol. The van der Waals surface area contributed by atoms with E-state index in [0.717, 1.165) is 0 Å². The number of aromatic nitrogens is 1. The van der Waals surface area contributed by atoms with Gasteiger partial charge in [0.25, 0.3) is 11.5 Å². The molecule has 0 aliphatic carbocycles. The lowest BCUT2D eigenvalue weighted by molar-refractivity contribution is 0.0167. The van der Waals surface area contributed by atoms with Crippen molar-refractivity contribution in [1.82, 2.24) is 10.0 Å². The van der Waals surface area contributed by atoms with Gasteiger partial charge >= 0.3 is 0 Å². The number of hydrogen-bond acceptors (Lipinski definition) is 5. The molecule has 0 radical (unpaired) electrons. The summed E-state index contributed by atoms with van der Waals surface area (Å²) < 4.78 is 30.2. The maximum Gasteiger partial charge on any atom is 0.289 e. The van der Waals surface area contributed by atoms with Crippen LogP contribution in [0.1, 0.15) is 41.9 Å². The molecule has 2 aromatic rings. The van der Waals surface area contributed by atoms with Gasteiger partial charge in [0, 0.05) is 12.2 Å². The number of amides is 1. The van der Waals surface area contributed by atoms with Crippen LogP contribution in [0, 0.1) is 18.6 Å². The van der Waals surface area contributed by atoms with E-state index >= 15 is 0 Å². The van der Waals surface area contributed by atoms with Gasteiger partial charge < -0.3 is 15.0 Å². The van der Waals surface area contributed by atoms with Crippen molar-refractivity contribution in [3.63, 3.8) is 0 Å². The highest BCUT2D eigenvalue weighted by Gasteiger charge is 2.29. The van der Waals surface area contributed by atoms with Gasteiger partial charge in [-0.2, -0.15) is 4.39 Å². The Morgan fingerprint density at radius 2 is 2.03 bits per heavy atom. The normalized spacial score (nSPS) is 12.1. The van der Waals surface area contributed by atoms with Crippen LogP contribution in [0.25, 0.3) is 0 Å². The molecule has 0 unspecified atom stereocenters. The molecule has 0 spiro atoms. The molecular weight excluding hydrogens is 384 g/mol. The molecule has 1 aliphatic heterocycles. The molecule has 1 aromatic carbocycles. The van der Waals surface area contributed by atoms with Crippen LogP contribution in [0.5, 0.6) is 0 Å². The van der Waals surface area contributed by atoms with Crippen molar-refractivity contribution in [2.45, 2.75) is 40.2 Å². The van der Waals surface area contributed by atoms with Crippen LogP contribution in [0.15, 0.2) is 23.0 Å². The maximum atomic E-state index is 14.8. The lowest BCUT2D eigenvalue weighted by atomic mass is 10.1. The number of rotatable bonds is 6. The number of nitrogens with one attached hydrogen (secondary N) is 2. The number of carbonyl (C=O) groups is 1. The summed E-state index contributed by atoms with van der Waals surface area (Å²) in [7, 11) is 0. The van der Waals surface area contributed by atoms with Crippen molar-refractivity contribution in [2.24, 2.45) is 0 Å². The van der Waals surface area contributed by atoms with E-state index in [1.54, 1.807) is 13.0 Å². The molecule has 1 aliphatic rings. The average Bonchev–Trinajstić information content (AvgIpc) is 3.19. The Kier molecular flexibility index (Phi) is 7.86. The average molecular weight is 409 g/mol. The Hall–Kier alpha value is -2.78. The van der Waals surface area contributed by atoms with Crippen LogP contribution < -0.4 is 16.4 Å². The Morgan fingerprint density at radius 1 is 1.31 bits per heavy atom. The standard InChI is InChI=1S/C18H19F2N3O4.C2H6/c1-10-4-5-12(11(19)9-10)21-16-14(17(25)22-27-8-7-24)13-3-2-6-23(13)18(26)15(16)20;1-2/h4-5,9,21,24H,2-3,6-8H2,1H3,(H,22,25);1-2H3. The first kappa shape index (κ1) is 22.5. The summed E-state index contributed by atoms with van der Waals surface area (Å²) in [6, 6.07) is 4.27. The first-order valence-electron chi connectivity index (χ1n) is 9.45. The second kappa shape index (κ2) is 10.1. The molecule has 0 saturated carbocycles. The van der Waals surface area contributed by atoms with Gasteiger partial charge in [-0.05, 0) is 37.5 Å². The molecule has 0 saturated heterocycles. The molecule has 0 fully saturated rings. The van der Waals surface area contributed by atoms with Crippen LogP contribution in [0.3, 0.4) is 0 Å². The fourth-order valence-electron chi connectivity index (χ4n) is 3.07. The minimum absolute atomic E-state index is 0.0628. The van der Waals surface area contributed by atoms with Crippen molar-refractivity contribution in [3.05, 3.63) is 57.0 Å². The van der Waals surface area contributed by atoms with Crippen LogP contribution in [0.4, 0.5) is 20.2 Å². The Labute approximate surface area is 167 Å². The topological polar surface area (TPSA) is 92.6 Å². The van der Waals surface area contributed by atoms with Gasteiger partial charge in [0.2, 0.25) is 5.82 Å². The van der Waals surface area contributed by atoms with Crippen LogP contribution in [0.2, 0.25) is 0 Å². The molecule has 1 aromatic heterocycles. The summed E-state index contributed by atoms with van der Waals surface area (Å²) >= 11 is 0. The number of carbonyl (C=O) groups excluding carboxylic acids is 1. The molecule has 1 amide bonds. The molecule has 9 heteroatoms. The zero-order chi connectivity index (χ0) is 21.6. The smallest absolute Gasteiger partial charge is 0.289 e. The number of aryl methyl sites for hydroxylation is 1. The van der Waals surface area contributed by atoms with Gasteiger partial charge in [-0.15, -0.1) is 0 Å². The second-order valence-electron chi connectivity index (χ2n) is 6.18. The van der Waals surface area contributed by atoms with E-state index in [1.165, 1.54) is 16.7 Å². The van der Waals surface area contributed by atoms with Gasteiger partial charge in [-0.25, -0.2) is 9.87 Å². The number of aliphatic hydroxyl groups is 1. The molecule has 0 atom stereocenters. The summed E-state index contributed by atoms with van der Waals surface area (Å²) in [5, 5.41) is 11.3. The van der Waals surface area contributed by atoms with E-state index in [4.69, 9.17) is 9.94 Å². The van der Waals surface area contributed by atoms with Crippen molar-refractivity contribution in [1.29, 1.82) is 0 Å². The maximum absolute atomic E-state index is 14.8. The number of nitrogens with zero attached hydrogens (tertiary/aromatic N) is 1. The van der Waals surface area contributed by atoms with E-state index in [2.05, 4.69) is 10.8 Å². The summed E-state index contributed by atoms with van der Waals surface area (Å²) in [6.07, 6.45) is 0.970. The largest absolute Gasteiger partial charge is 0.394 e. The van der Waals surface area contributed by atoms with Crippen LogP contribution in [-0.4, -0.2) is 28.8 Å². The van der Waals surface area contributed by atoms with E-state index in [-0.39, 0.29) is 24.5 Å². The van der Waals surface area contributed by atoms with Crippen molar-refractivity contribution < 1.29 is 23.5 Å². The van der Waals surface area contributed by atoms with Gasteiger partial charge in [0.1, 0.15) is 5.82 Å². The summed E-state index contributed by atoms with van der Waals surface area (Å²) in [6.45, 7) is 5.52. The minimum Gasteiger partial charge on any atom is -0.394 e. The third-order valence-electron chi connectivity index (χ3n) is 4.28. The SMILES string of the molecule is CC.Cc1ccc(Nc2c(C(=O)NOCCO)c3n(c(=O)c2F)CCC3)c(F)c1. The van der Waals surface area contributed by atoms with Crippen molar-refractivity contribution >= 4 is 17.3 Å². The third-order valence-corrected chi connectivity index (χ3v) is 4.28. The lowest BCUT2D eigenvalue weighted by Gasteiger charge is -2.17. The molecule has 0 bridgehead atoms. The summed E-state index contributed by atoms with van der Waals surface area (Å²) in [4.78, 5) is 29.7.